The second-order valence-electron chi connectivity index (χ2n) is 8.13. The van der Waals surface area contributed by atoms with Crippen LogP contribution in [-0.2, 0) is 4.79 Å². The lowest BCUT2D eigenvalue weighted by molar-refractivity contribution is -0.118. The van der Waals surface area contributed by atoms with Gasteiger partial charge in [0.1, 0.15) is 6.04 Å². The molecule has 1 amide bonds. The van der Waals surface area contributed by atoms with E-state index in [9.17, 15) is 4.79 Å². The number of aliphatic imine (C=N–C) groups is 1. The van der Waals surface area contributed by atoms with Gasteiger partial charge in [-0.1, -0.05) is 47.1 Å². The summed E-state index contributed by atoms with van der Waals surface area (Å²) in [4.78, 5) is 21.3. The number of carbonyl (C=O) groups is 1. The van der Waals surface area contributed by atoms with Gasteiger partial charge in [-0.3, -0.25) is 14.8 Å². The average molecular weight is 457 g/mol. The minimum Gasteiger partial charge on any atom is -0.370 e. The van der Waals surface area contributed by atoms with Crippen molar-refractivity contribution in [1.29, 1.82) is 0 Å². The van der Waals surface area contributed by atoms with E-state index in [1.165, 1.54) is 0 Å². The summed E-state index contributed by atoms with van der Waals surface area (Å²) in [5, 5.41) is 4.80. The summed E-state index contributed by atoms with van der Waals surface area (Å²) >= 11 is 6.14. The molecule has 2 N–H and O–H groups in total. The Kier molecular flexibility index (Phi) is 5.30. The summed E-state index contributed by atoms with van der Waals surface area (Å²) in [6, 6.07) is 17.1. The van der Waals surface area contributed by atoms with E-state index in [0.717, 1.165) is 50.5 Å². The molecule has 6 nitrogen and oxygen atoms in total. The topological polar surface area (TPSA) is 94.4 Å². The van der Waals surface area contributed by atoms with Crippen LogP contribution in [0.15, 0.2) is 70.3 Å². The third-order valence-electron chi connectivity index (χ3n) is 5.78. The summed E-state index contributed by atoms with van der Waals surface area (Å²) in [6.07, 6.45) is 1.88. The Balaban J connectivity index is 1.78. The number of halogens is 1. The third-order valence-corrected chi connectivity index (χ3v) is 6.03. The number of pyridine rings is 1. The van der Waals surface area contributed by atoms with Gasteiger partial charge < -0.3 is 10.3 Å². The van der Waals surface area contributed by atoms with E-state index >= 15 is 0 Å². The van der Waals surface area contributed by atoms with Crippen LogP contribution in [0.3, 0.4) is 0 Å². The molecule has 0 spiro atoms. The van der Waals surface area contributed by atoms with Crippen molar-refractivity contribution in [1.82, 2.24) is 10.1 Å². The Labute approximate surface area is 196 Å². The number of carbonyl (C=O) groups excluding carboxylic acids is 1. The first kappa shape index (κ1) is 21.1. The molecule has 164 valence electrons. The van der Waals surface area contributed by atoms with E-state index in [1.807, 2.05) is 62.5 Å². The van der Waals surface area contributed by atoms with E-state index in [0.29, 0.717) is 10.8 Å². The number of aromatic nitrogens is 2. The van der Waals surface area contributed by atoms with Gasteiger partial charge in [0.25, 0.3) is 0 Å². The van der Waals surface area contributed by atoms with Gasteiger partial charge in [-0.2, -0.15) is 0 Å². The molecule has 1 aliphatic heterocycles. The molecule has 1 atom stereocenters. The maximum atomic E-state index is 11.9. The molecular weight excluding hydrogens is 436 g/mol. The van der Waals surface area contributed by atoms with Gasteiger partial charge in [-0.15, -0.1) is 0 Å². The Bertz CT molecular complexity index is 1390. The SMILES string of the molecule is Cc1ccc(-c2ccc3c(c2)C(c2ccc(Cl)cc2)=N[C@@H](CC(N)=O)c2onc(C)c2-3)cn1. The number of hydrogen-bond acceptors (Lipinski definition) is 5. The quantitative estimate of drug-likeness (QED) is 0.442. The molecule has 0 unspecified atom stereocenters. The third kappa shape index (κ3) is 3.94. The number of nitrogens with zero attached hydrogens (tertiary/aromatic N) is 3. The Morgan fingerprint density at radius 3 is 2.42 bits per heavy atom. The molecule has 0 bridgehead atoms. The summed E-state index contributed by atoms with van der Waals surface area (Å²) < 4.78 is 5.67. The highest BCUT2D eigenvalue weighted by molar-refractivity contribution is 6.30. The first-order valence-electron chi connectivity index (χ1n) is 10.6. The molecule has 1 aliphatic rings. The molecular formula is C26H21ClN4O2. The van der Waals surface area contributed by atoms with Gasteiger partial charge in [0.15, 0.2) is 5.76 Å². The van der Waals surface area contributed by atoms with Crippen molar-refractivity contribution in [2.24, 2.45) is 10.7 Å². The molecule has 2 aromatic carbocycles. The molecule has 0 aliphatic carbocycles. The normalized spacial score (nSPS) is 14.8. The molecule has 0 saturated heterocycles. The van der Waals surface area contributed by atoms with Crippen LogP contribution < -0.4 is 5.73 Å². The van der Waals surface area contributed by atoms with E-state index in [4.69, 9.17) is 26.9 Å². The van der Waals surface area contributed by atoms with Crippen LogP contribution in [0.5, 0.6) is 0 Å². The van der Waals surface area contributed by atoms with Crippen molar-refractivity contribution in [2.75, 3.05) is 0 Å². The van der Waals surface area contributed by atoms with Crippen molar-refractivity contribution in [3.05, 3.63) is 94.1 Å². The van der Waals surface area contributed by atoms with Crippen molar-refractivity contribution >= 4 is 23.2 Å². The van der Waals surface area contributed by atoms with Gasteiger partial charge >= 0.3 is 0 Å². The number of fused-ring (bicyclic) bond motifs is 3. The zero-order valence-corrected chi connectivity index (χ0v) is 18.9. The van der Waals surface area contributed by atoms with Crippen molar-refractivity contribution in [3.63, 3.8) is 0 Å². The first-order chi connectivity index (χ1) is 15.9. The van der Waals surface area contributed by atoms with Crippen molar-refractivity contribution in [3.8, 4) is 22.3 Å². The fourth-order valence-corrected chi connectivity index (χ4v) is 4.30. The summed E-state index contributed by atoms with van der Waals surface area (Å²) in [5.41, 5.74) is 13.6. The molecule has 0 fully saturated rings. The average Bonchev–Trinajstić information content (AvgIpc) is 3.12. The molecule has 0 radical (unpaired) electrons. The Morgan fingerprint density at radius 1 is 1.00 bits per heavy atom. The maximum Gasteiger partial charge on any atom is 0.220 e. The van der Waals surface area contributed by atoms with Crippen molar-refractivity contribution < 1.29 is 9.32 Å². The Morgan fingerprint density at radius 2 is 1.73 bits per heavy atom. The van der Waals surface area contributed by atoms with Gasteiger partial charge in [0, 0.05) is 33.6 Å². The Hall–Kier alpha value is -3.77. The molecule has 2 aromatic heterocycles. The highest BCUT2D eigenvalue weighted by Gasteiger charge is 2.31. The van der Waals surface area contributed by atoms with Gasteiger partial charge in [-0.25, -0.2) is 0 Å². The highest BCUT2D eigenvalue weighted by Crippen LogP contribution is 2.42. The second kappa shape index (κ2) is 8.30. The van der Waals surface area contributed by atoms with Crippen LogP contribution in [0.4, 0.5) is 0 Å². The number of aryl methyl sites for hydroxylation is 2. The molecule has 33 heavy (non-hydrogen) atoms. The zero-order chi connectivity index (χ0) is 23.1. The van der Waals surface area contributed by atoms with Crippen LogP contribution in [0.25, 0.3) is 22.3 Å². The number of nitrogens with two attached hydrogens (primary N) is 1. The maximum absolute atomic E-state index is 11.9. The van der Waals surface area contributed by atoms with Gasteiger partial charge in [0.05, 0.1) is 23.4 Å². The number of rotatable bonds is 4. The van der Waals surface area contributed by atoms with Crippen molar-refractivity contribution in [2.45, 2.75) is 26.3 Å². The van der Waals surface area contributed by atoms with Crippen LogP contribution in [0.2, 0.25) is 5.02 Å². The van der Waals surface area contributed by atoms with Gasteiger partial charge in [-0.05, 0) is 49.2 Å². The number of primary amides is 1. The van der Waals surface area contributed by atoms with Crippen LogP contribution in [0, 0.1) is 13.8 Å². The fourth-order valence-electron chi connectivity index (χ4n) is 4.17. The van der Waals surface area contributed by atoms with E-state index in [2.05, 4.69) is 22.3 Å². The van der Waals surface area contributed by atoms with Crippen LogP contribution in [0.1, 0.15) is 40.7 Å². The predicted molar refractivity (Wildman–Crippen MR) is 128 cm³/mol. The molecule has 7 heteroatoms. The molecule has 0 saturated carbocycles. The number of benzene rings is 2. The molecule has 4 aromatic rings. The molecule has 5 rings (SSSR count). The number of amides is 1. The zero-order valence-electron chi connectivity index (χ0n) is 18.2. The largest absolute Gasteiger partial charge is 0.370 e. The van der Waals surface area contributed by atoms with E-state index < -0.39 is 11.9 Å². The monoisotopic (exact) mass is 456 g/mol. The minimum absolute atomic E-state index is 0.0153. The van der Waals surface area contributed by atoms with E-state index in [1.54, 1.807) is 0 Å². The fraction of sp³-hybridized carbons (Fsp3) is 0.154. The lowest BCUT2D eigenvalue weighted by Crippen LogP contribution is -2.15. The lowest BCUT2D eigenvalue weighted by Gasteiger charge is -2.13. The van der Waals surface area contributed by atoms with E-state index in [-0.39, 0.29) is 6.42 Å². The summed E-state index contributed by atoms with van der Waals surface area (Å²) in [5.74, 6) is 0.0813. The summed E-state index contributed by atoms with van der Waals surface area (Å²) in [7, 11) is 0. The predicted octanol–water partition coefficient (Wildman–Crippen LogP) is 5.44. The standard InChI is InChI=1S/C26H21ClN4O2/c1-14-3-4-18(13-29-14)17-7-10-20-21(11-17)25(16-5-8-19(27)9-6-16)30-22(12-23(28)32)26-24(20)15(2)31-33-26/h3-11,13,22H,12H2,1-2H3,(H2,28,32)/t22-/m0/s1. The summed E-state index contributed by atoms with van der Waals surface area (Å²) in [6.45, 7) is 3.85. The van der Waals surface area contributed by atoms with Crippen LogP contribution in [-0.4, -0.2) is 21.8 Å². The lowest BCUT2D eigenvalue weighted by atomic mass is 9.90. The molecule has 3 heterocycles. The number of hydrogen-bond donors (Lipinski definition) is 1. The minimum atomic E-state index is -0.582. The van der Waals surface area contributed by atoms with Gasteiger partial charge in [0.2, 0.25) is 5.91 Å². The smallest absolute Gasteiger partial charge is 0.220 e. The second-order valence-corrected chi connectivity index (χ2v) is 8.56. The van der Waals surface area contributed by atoms with Crippen LogP contribution >= 0.6 is 11.6 Å². The highest BCUT2D eigenvalue weighted by atomic mass is 35.5. The first-order valence-corrected chi connectivity index (χ1v) is 10.9.